The molecule has 1 atom stereocenters. The number of hydrogen-bond acceptors (Lipinski definition) is 3. The number of allylic oxidation sites excluding steroid dienone is 1. The van der Waals surface area contributed by atoms with Crippen molar-refractivity contribution in [2.24, 2.45) is 0 Å². The van der Waals surface area contributed by atoms with Crippen molar-refractivity contribution in [3.8, 4) is 0 Å². The molecule has 1 heterocycles. The van der Waals surface area contributed by atoms with Gasteiger partial charge < -0.3 is 15.4 Å². The predicted octanol–water partition coefficient (Wildman–Crippen LogP) is 2.21. The summed E-state index contributed by atoms with van der Waals surface area (Å²) in [7, 11) is 1.38. The minimum atomic E-state index is -0.352. The fourth-order valence-corrected chi connectivity index (χ4v) is 2.54. The van der Waals surface area contributed by atoms with Gasteiger partial charge in [-0.1, -0.05) is 31.2 Å². The van der Waals surface area contributed by atoms with E-state index in [-0.39, 0.29) is 12.0 Å². The van der Waals surface area contributed by atoms with Crippen molar-refractivity contribution in [1.29, 1.82) is 0 Å². The van der Waals surface area contributed by atoms with Gasteiger partial charge in [-0.25, -0.2) is 4.79 Å². The Morgan fingerprint density at radius 1 is 1.35 bits per heavy atom. The Kier molecular flexibility index (Phi) is 4.39. The van der Waals surface area contributed by atoms with Crippen molar-refractivity contribution in [3.05, 3.63) is 46.7 Å². The lowest BCUT2D eigenvalue weighted by atomic mass is 9.95. The third kappa shape index (κ3) is 2.82. The Morgan fingerprint density at radius 2 is 2.00 bits per heavy atom. The van der Waals surface area contributed by atoms with E-state index in [4.69, 9.17) is 17.0 Å². The van der Waals surface area contributed by atoms with Crippen LogP contribution in [0.15, 0.2) is 35.5 Å². The van der Waals surface area contributed by atoms with E-state index < -0.39 is 0 Å². The fourth-order valence-electron chi connectivity index (χ4n) is 2.27. The van der Waals surface area contributed by atoms with E-state index >= 15 is 0 Å². The first-order chi connectivity index (χ1) is 9.56. The lowest BCUT2D eigenvalue weighted by molar-refractivity contribution is -0.136. The normalized spacial score (nSPS) is 18.4. The fraction of sp³-hybridized carbons (Fsp3) is 0.333. The first kappa shape index (κ1) is 14.5. The van der Waals surface area contributed by atoms with Crippen LogP contribution in [0.1, 0.15) is 31.0 Å². The van der Waals surface area contributed by atoms with Gasteiger partial charge in [0.2, 0.25) is 0 Å². The Morgan fingerprint density at radius 3 is 2.55 bits per heavy atom. The number of carbonyl (C=O) groups excluding carboxylic acids is 1. The Bertz CT molecular complexity index is 564. The van der Waals surface area contributed by atoms with Crippen LogP contribution in [-0.4, -0.2) is 18.2 Å². The molecular weight excluding hydrogens is 272 g/mol. The van der Waals surface area contributed by atoms with Crippen LogP contribution in [0, 0.1) is 0 Å². The molecule has 1 aliphatic heterocycles. The molecule has 0 radical (unpaired) electrons. The molecule has 4 nitrogen and oxygen atoms in total. The molecule has 2 N–H and O–H groups in total. The van der Waals surface area contributed by atoms with Crippen LogP contribution < -0.4 is 10.6 Å². The van der Waals surface area contributed by atoms with Crippen molar-refractivity contribution < 1.29 is 9.53 Å². The van der Waals surface area contributed by atoms with Gasteiger partial charge in [-0.3, -0.25) is 0 Å². The first-order valence-electron chi connectivity index (χ1n) is 6.52. The summed E-state index contributed by atoms with van der Waals surface area (Å²) < 4.78 is 4.87. The highest BCUT2D eigenvalue weighted by Gasteiger charge is 2.30. The van der Waals surface area contributed by atoms with E-state index in [1.165, 1.54) is 12.7 Å². The minimum Gasteiger partial charge on any atom is -0.466 e. The van der Waals surface area contributed by atoms with Crippen LogP contribution in [0.2, 0.25) is 0 Å². The number of benzene rings is 1. The number of ether oxygens (including phenoxy) is 1. The van der Waals surface area contributed by atoms with Crippen molar-refractivity contribution >= 4 is 23.3 Å². The van der Waals surface area contributed by atoms with Crippen molar-refractivity contribution in [1.82, 2.24) is 10.6 Å². The number of aryl methyl sites for hydroxylation is 1. The summed E-state index contributed by atoms with van der Waals surface area (Å²) in [5.41, 5.74) is 3.53. The molecule has 0 unspecified atom stereocenters. The van der Waals surface area contributed by atoms with E-state index in [1.807, 2.05) is 19.1 Å². The lowest BCUT2D eigenvalue weighted by Gasteiger charge is -2.29. The second kappa shape index (κ2) is 6.05. The molecule has 1 aromatic carbocycles. The summed E-state index contributed by atoms with van der Waals surface area (Å²) in [6.45, 7) is 3.93. The average molecular weight is 290 g/mol. The molecule has 0 saturated heterocycles. The number of rotatable bonds is 3. The molecule has 20 heavy (non-hydrogen) atoms. The van der Waals surface area contributed by atoms with Gasteiger partial charge in [-0.2, -0.15) is 0 Å². The maximum Gasteiger partial charge on any atom is 0.337 e. The number of thiocarbonyl (C=S) groups is 1. The number of esters is 1. The molecule has 0 amide bonds. The summed E-state index contributed by atoms with van der Waals surface area (Å²) in [5.74, 6) is -0.352. The van der Waals surface area contributed by atoms with E-state index in [0.717, 1.165) is 17.7 Å². The van der Waals surface area contributed by atoms with Crippen molar-refractivity contribution in [2.75, 3.05) is 7.11 Å². The second-order valence-electron chi connectivity index (χ2n) is 4.66. The highest BCUT2D eigenvalue weighted by Crippen LogP contribution is 2.27. The summed E-state index contributed by atoms with van der Waals surface area (Å²) >= 11 is 5.18. The SMILES string of the molecule is CCc1ccc([C@H]2NC(=S)NC(C)=C2C(=O)OC)cc1. The molecule has 2 rings (SSSR count). The molecule has 0 spiro atoms. The van der Waals surface area contributed by atoms with E-state index in [0.29, 0.717) is 10.7 Å². The molecule has 0 aliphatic carbocycles. The second-order valence-corrected chi connectivity index (χ2v) is 5.07. The zero-order valence-corrected chi connectivity index (χ0v) is 12.6. The van der Waals surface area contributed by atoms with Gasteiger partial charge >= 0.3 is 5.97 Å². The molecule has 0 bridgehead atoms. The lowest BCUT2D eigenvalue weighted by Crippen LogP contribution is -2.45. The van der Waals surface area contributed by atoms with Gasteiger partial charge in [0, 0.05) is 5.70 Å². The molecule has 5 heteroatoms. The topological polar surface area (TPSA) is 50.4 Å². The van der Waals surface area contributed by atoms with Gasteiger partial charge in [-0.05, 0) is 36.7 Å². The smallest absolute Gasteiger partial charge is 0.337 e. The number of nitrogens with one attached hydrogen (secondary N) is 2. The monoisotopic (exact) mass is 290 g/mol. The van der Waals surface area contributed by atoms with E-state index in [1.54, 1.807) is 0 Å². The van der Waals surface area contributed by atoms with Crippen LogP contribution in [0.25, 0.3) is 0 Å². The van der Waals surface area contributed by atoms with Gasteiger partial charge in [-0.15, -0.1) is 0 Å². The number of methoxy groups -OCH3 is 1. The van der Waals surface area contributed by atoms with Crippen molar-refractivity contribution in [2.45, 2.75) is 26.3 Å². The quantitative estimate of drug-likeness (QED) is 0.660. The zero-order valence-electron chi connectivity index (χ0n) is 11.8. The molecule has 1 aliphatic rings. The van der Waals surface area contributed by atoms with Gasteiger partial charge in [0.1, 0.15) is 0 Å². The van der Waals surface area contributed by atoms with Crippen LogP contribution in [0.5, 0.6) is 0 Å². The van der Waals surface area contributed by atoms with Crippen LogP contribution >= 0.6 is 12.2 Å². The third-order valence-corrected chi connectivity index (χ3v) is 3.62. The Balaban J connectivity index is 2.42. The zero-order chi connectivity index (χ0) is 14.7. The van der Waals surface area contributed by atoms with Gasteiger partial charge in [0.25, 0.3) is 0 Å². The standard InChI is InChI=1S/C15H18N2O2S/c1-4-10-5-7-11(8-6-10)13-12(14(18)19-3)9(2)16-15(20)17-13/h5-8,13H,4H2,1-3H3,(H2,16,17,20)/t13-/m1/s1. The molecular formula is C15H18N2O2S. The van der Waals surface area contributed by atoms with Crippen LogP contribution in [0.3, 0.4) is 0 Å². The van der Waals surface area contributed by atoms with Gasteiger partial charge in [0.15, 0.2) is 5.11 Å². The molecule has 0 saturated carbocycles. The Labute approximate surface area is 124 Å². The predicted molar refractivity (Wildman–Crippen MR) is 82.1 cm³/mol. The average Bonchev–Trinajstić information content (AvgIpc) is 2.46. The van der Waals surface area contributed by atoms with E-state index in [2.05, 4.69) is 29.7 Å². The highest BCUT2D eigenvalue weighted by atomic mass is 32.1. The number of carbonyl (C=O) groups is 1. The largest absolute Gasteiger partial charge is 0.466 e. The molecule has 106 valence electrons. The summed E-state index contributed by atoms with van der Waals surface area (Å²) in [4.78, 5) is 12.0. The summed E-state index contributed by atoms with van der Waals surface area (Å²) in [6, 6.07) is 7.88. The summed E-state index contributed by atoms with van der Waals surface area (Å²) in [5, 5.41) is 6.61. The van der Waals surface area contributed by atoms with Crippen LogP contribution in [-0.2, 0) is 16.0 Å². The van der Waals surface area contributed by atoms with Gasteiger partial charge in [0.05, 0.1) is 18.7 Å². The van der Waals surface area contributed by atoms with Crippen molar-refractivity contribution in [3.63, 3.8) is 0 Å². The first-order valence-corrected chi connectivity index (χ1v) is 6.93. The minimum absolute atomic E-state index is 0.276. The molecule has 0 fully saturated rings. The summed E-state index contributed by atoms with van der Waals surface area (Å²) in [6.07, 6.45) is 0.983. The molecule has 0 aromatic heterocycles. The Hall–Kier alpha value is -1.88. The highest BCUT2D eigenvalue weighted by molar-refractivity contribution is 7.80. The van der Waals surface area contributed by atoms with Crippen LogP contribution in [0.4, 0.5) is 0 Å². The number of hydrogen-bond donors (Lipinski definition) is 2. The van der Waals surface area contributed by atoms with E-state index in [9.17, 15) is 4.79 Å². The third-order valence-electron chi connectivity index (χ3n) is 3.40. The maximum absolute atomic E-state index is 12.0. The maximum atomic E-state index is 12.0. The molecule has 1 aromatic rings.